The first kappa shape index (κ1) is 32.7. The van der Waals surface area contributed by atoms with Gasteiger partial charge in [-0.15, -0.1) is 0 Å². The van der Waals surface area contributed by atoms with Crippen molar-refractivity contribution >= 4 is 24.0 Å². The van der Waals surface area contributed by atoms with E-state index in [1.807, 2.05) is 84.9 Å². The van der Waals surface area contributed by atoms with E-state index in [4.69, 9.17) is 14.0 Å². The highest BCUT2D eigenvalue weighted by atomic mass is 31.2. The van der Waals surface area contributed by atoms with Gasteiger partial charge in [0.15, 0.2) is 0 Å². The van der Waals surface area contributed by atoms with Crippen LogP contribution in [0.1, 0.15) is 16.8 Å². The Morgan fingerprint density at radius 3 is 1.59 bits per heavy atom. The molecular weight excluding hydrogens is 643 g/mol. The second-order valence-electron chi connectivity index (χ2n) is 10.9. The molecule has 6 aromatic rings. The number of hydrogen-bond donors (Lipinski definition) is 0. The van der Waals surface area contributed by atoms with Crippen LogP contribution in [0.4, 0.5) is 11.4 Å². The van der Waals surface area contributed by atoms with E-state index in [2.05, 4.69) is 0 Å². The molecule has 0 saturated carbocycles. The number of rotatable bonds is 8. The monoisotopic (exact) mass is 672 g/mol. The number of nitro benzene ring substituents is 2. The molecule has 0 fully saturated rings. The van der Waals surface area contributed by atoms with Gasteiger partial charge in [-0.2, -0.15) is 0 Å². The van der Waals surface area contributed by atoms with Crippen molar-refractivity contribution in [3.63, 3.8) is 0 Å². The molecule has 0 amide bonds. The number of nitrogens with zero attached hydrogens (tertiary/aromatic N) is 2. The Labute approximate surface area is 281 Å². The number of fused-ring (bicyclic) bond motifs is 3. The second-order valence-corrected chi connectivity index (χ2v) is 13.3. The highest BCUT2D eigenvalue weighted by Gasteiger charge is 2.44. The normalized spacial score (nSPS) is 14.8. The summed E-state index contributed by atoms with van der Waals surface area (Å²) in [4.78, 5) is 20.1. The fourth-order valence-electron chi connectivity index (χ4n) is 5.54. The van der Waals surface area contributed by atoms with Crippen LogP contribution >= 0.6 is 7.37 Å². The van der Waals surface area contributed by atoms with Gasteiger partial charge in [-0.05, 0) is 65.2 Å². The number of non-ortho nitro benzene ring substituents is 2. The van der Waals surface area contributed by atoms with E-state index in [1.165, 1.54) is 24.3 Å². The Bertz CT molecular complexity index is 2140. The summed E-state index contributed by atoms with van der Waals surface area (Å²) in [5.74, 6) is 2.29. The van der Waals surface area contributed by atoms with Crippen LogP contribution in [-0.4, -0.2) is 17.0 Å². The number of para-hydroxylation sites is 2. The van der Waals surface area contributed by atoms with Crippen LogP contribution in [0.3, 0.4) is 0 Å². The third kappa shape index (κ3) is 7.05. The summed E-state index contributed by atoms with van der Waals surface area (Å²) in [7, 11) is -1.95. The molecule has 2 atom stereocenters. The topological polar surface area (TPSA) is 131 Å². The van der Waals surface area contributed by atoms with E-state index >= 15 is 4.57 Å². The first-order valence-corrected chi connectivity index (χ1v) is 16.8. The van der Waals surface area contributed by atoms with Crippen LogP contribution < -0.4 is 19.3 Å². The summed E-state index contributed by atoms with van der Waals surface area (Å²) in [6, 6.07) is 44.0. The minimum Gasteiger partial charge on any atom is -0.497 e. The van der Waals surface area contributed by atoms with Crippen LogP contribution in [0.2, 0.25) is 0 Å². The summed E-state index contributed by atoms with van der Waals surface area (Å²) < 4.78 is 32.9. The molecule has 244 valence electrons. The van der Waals surface area contributed by atoms with Gasteiger partial charge in [0.25, 0.3) is 18.7 Å². The lowest BCUT2D eigenvalue weighted by atomic mass is 10.0. The zero-order valence-corrected chi connectivity index (χ0v) is 27.0. The molecule has 0 N–H and O–H groups in total. The number of nitro groups is 2. The Kier molecular flexibility index (Phi) is 9.50. The highest BCUT2D eigenvalue weighted by molar-refractivity contribution is 7.68. The summed E-state index contributed by atoms with van der Waals surface area (Å²) in [6.45, 7) is 0. The molecule has 1 heterocycles. The van der Waals surface area contributed by atoms with Crippen molar-refractivity contribution < 1.29 is 28.4 Å². The van der Waals surface area contributed by atoms with Crippen LogP contribution in [0, 0.1) is 20.2 Å². The van der Waals surface area contributed by atoms with E-state index in [0.29, 0.717) is 28.3 Å². The first-order chi connectivity index (χ1) is 23.8. The molecule has 1 aliphatic heterocycles. The van der Waals surface area contributed by atoms with Crippen molar-refractivity contribution in [3.8, 4) is 34.1 Å². The lowest BCUT2D eigenvalue weighted by Gasteiger charge is -2.34. The van der Waals surface area contributed by atoms with Gasteiger partial charge in [0, 0.05) is 29.8 Å². The van der Waals surface area contributed by atoms with Crippen LogP contribution in [0.25, 0.3) is 11.1 Å². The molecule has 49 heavy (non-hydrogen) atoms. The summed E-state index contributed by atoms with van der Waals surface area (Å²) >= 11 is 0. The number of hydrogen-bond acceptors (Lipinski definition) is 8. The lowest BCUT2D eigenvalue weighted by Crippen LogP contribution is -2.22. The standard InChI is InChI=1S/C32H24NO6P.C6H5NO2/c1-37-25-16-10-22(11-17-25)32(23-12-18-26(19-13-23)38-27-20-14-24(15-21-27)33(34)35)40(36)31-9-5-3-7-29(31)28-6-2-4-8-30(28)39-40;8-7(9)6-4-2-1-3-5-6/h2-21,32H,1H3;1-5H. The molecule has 7 rings (SSSR count). The molecule has 0 aliphatic carbocycles. The maximum atomic E-state index is 15.2. The minimum absolute atomic E-state index is 0.0101. The van der Waals surface area contributed by atoms with Gasteiger partial charge in [-0.3, -0.25) is 24.8 Å². The lowest BCUT2D eigenvalue weighted by molar-refractivity contribution is -0.385. The summed E-state index contributed by atoms with van der Waals surface area (Å²) in [6.07, 6.45) is 0. The molecule has 11 heteroatoms. The van der Waals surface area contributed by atoms with E-state index in [1.54, 1.807) is 49.6 Å². The van der Waals surface area contributed by atoms with Gasteiger partial charge in [-0.1, -0.05) is 78.9 Å². The van der Waals surface area contributed by atoms with Gasteiger partial charge in [0.05, 0.1) is 22.3 Å². The predicted molar refractivity (Wildman–Crippen MR) is 187 cm³/mol. The van der Waals surface area contributed by atoms with Gasteiger partial charge < -0.3 is 14.0 Å². The zero-order chi connectivity index (χ0) is 34.4. The zero-order valence-electron chi connectivity index (χ0n) is 26.1. The second kappa shape index (κ2) is 14.3. The smallest absolute Gasteiger partial charge is 0.289 e. The summed E-state index contributed by atoms with van der Waals surface area (Å²) in [5, 5.41) is 21.6. The average molecular weight is 673 g/mol. The Balaban J connectivity index is 0.000000403. The molecule has 0 spiro atoms. The molecule has 0 radical (unpaired) electrons. The molecular formula is C38H29N2O8P. The largest absolute Gasteiger partial charge is 0.497 e. The van der Waals surface area contributed by atoms with Crippen LogP contribution in [0.15, 0.2) is 152 Å². The number of methoxy groups -OCH3 is 1. The SMILES string of the molecule is COc1ccc(C(c2ccc(Oc3ccc([N+](=O)[O-])cc3)cc2)P2(=O)Oc3ccccc3-c3ccccc32)cc1.O=[N+]([O-])c1ccccc1. The minimum atomic E-state index is -3.56. The van der Waals surface area contributed by atoms with Crippen molar-refractivity contribution in [2.24, 2.45) is 0 Å². The van der Waals surface area contributed by atoms with Crippen molar-refractivity contribution in [2.75, 3.05) is 7.11 Å². The van der Waals surface area contributed by atoms with Gasteiger partial charge in [0.1, 0.15) is 28.7 Å². The fraction of sp³-hybridized carbons (Fsp3) is 0.0526. The molecule has 1 aliphatic rings. The molecule has 10 nitrogen and oxygen atoms in total. The molecule has 0 bridgehead atoms. The average Bonchev–Trinajstić information content (AvgIpc) is 3.14. The van der Waals surface area contributed by atoms with E-state index in [0.717, 1.165) is 22.3 Å². The van der Waals surface area contributed by atoms with Gasteiger partial charge >= 0.3 is 0 Å². The maximum Gasteiger partial charge on any atom is 0.289 e. The quantitative estimate of drug-likeness (QED) is 0.0887. The number of benzene rings is 6. The fourth-order valence-corrected chi connectivity index (χ4v) is 8.43. The van der Waals surface area contributed by atoms with Crippen molar-refractivity contribution in [3.05, 3.63) is 183 Å². The third-order valence-corrected chi connectivity index (χ3v) is 10.7. The number of ether oxygens (including phenoxy) is 2. The van der Waals surface area contributed by atoms with E-state index in [-0.39, 0.29) is 11.4 Å². The van der Waals surface area contributed by atoms with E-state index < -0.39 is 22.9 Å². The summed E-state index contributed by atoms with van der Waals surface area (Å²) in [5.41, 5.74) is 2.93. The van der Waals surface area contributed by atoms with Crippen LogP contribution in [0.5, 0.6) is 23.0 Å². The molecule has 0 saturated heterocycles. The predicted octanol–water partition coefficient (Wildman–Crippen LogP) is 9.74. The third-order valence-electron chi connectivity index (χ3n) is 7.87. The van der Waals surface area contributed by atoms with Crippen molar-refractivity contribution in [1.82, 2.24) is 0 Å². The Morgan fingerprint density at radius 1 is 0.571 bits per heavy atom. The molecule has 6 aromatic carbocycles. The van der Waals surface area contributed by atoms with Gasteiger partial charge in [0.2, 0.25) is 0 Å². The first-order valence-electron chi connectivity index (χ1n) is 15.1. The highest BCUT2D eigenvalue weighted by Crippen LogP contribution is 2.65. The van der Waals surface area contributed by atoms with E-state index in [9.17, 15) is 20.2 Å². The van der Waals surface area contributed by atoms with Gasteiger partial charge in [-0.25, -0.2) is 0 Å². The van der Waals surface area contributed by atoms with Crippen LogP contribution in [-0.2, 0) is 4.57 Å². The molecule has 2 unspecified atom stereocenters. The van der Waals surface area contributed by atoms with Crippen molar-refractivity contribution in [2.45, 2.75) is 5.66 Å². The maximum absolute atomic E-state index is 15.2. The molecule has 0 aromatic heterocycles. The Hall–Kier alpha value is -6.25. The Morgan fingerprint density at radius 2 is 1.04 bits per heavy atom. The van der Waals surface area contributed by atoms with Crippen molar-refractivity contribution in [1.29, 1.82) is 0 Å².